The van der Waals surface area contributed by atoms with Crippen molar-refractivity contribution in [3.05, 3.63) is 23.6 Å². The van der Waals surface area contributed by atoms with Gasteiger partial charge in [0.15, 0.2) is 0 Å². The van der Waals surface area contributed by atoms with E-state index < -0.39 is 5.82 Å². The zero-order valence-corrected chi connectivity index (χ0v) is 11.1. The van der Waals surface area contributed by atoms with Gasteiger partial charge in [0.1, 0.15) is 11.6 Å². The van der Waals surface area contributed by atoms with Crippen LogP contribution in [0.25, 0.3) is 0 Å². The highest BCUT2D eigenvalue weighted by Gasteiger charge is 2.18. The van der Waals surface area contributed by atoms with E-state index in [4.69, 9.17) is 0 Å². The Morgan fingerprint density at radius 3 is 2.84 bits per heavy atom. The minimum atomic E-state index is -0.509. The first-order valence-electron chi connectivity index (χ1n) is 6.66. The number of rotatable bonds is 4. The Bertz CT molecular complexity index is 446. The molecule has 0 saturated carbocycles. The van der Waals surface area contributed by atoms with Gasteiger partial charge in [-0.15, -0.1) is 0 Å². The minimum Gasteiger partial charge on any atom is -0.370 e. The van der Waals surface area contributed by atoms with Gasteiger partial charge in [-0.2, -0.15) is 0 Å². The third-order valence-corrected chi connectivity index (χ3v) is 3.06. The molecule has 0 aromatic carbocycles. The summed E-state index contributed by atoms with van der Waals surface area (Å²) in [4.78, 5) is 16.1. The van der Waals surface area contributed by atoms with Crippen LogP contribution in [0.2, 0.25) is 0 Å². The molecule has 0 aliphatic carbocycles. The number of hydrogen-bond acceptors (Lipinski definition) is 4. The SMILES string of the molecule is CCNc1ncc(F)cc1C(=O)NN1CCCCC1. The summed E-state index contributed by atoms with van der Waals surface area (Å²) in [6.07, 6.45) is 4.44. The van der Waals surface area contributed by atoms with E-state index in [-0.39, 0.29) is 11.5 Å². The van der Waals surface area contributed by atoms with Crippen LogP contribution in [0.15, 0.2) is 12.3 Å². The molecule has 1 aromatic rings. The van der Waals surface area contributed by atoms with Gasteiger partial charge in [0.05, 0.1) is 11.8 Å². The predicted octanol–water partition coefficient (Wildman–Crippen LogP) is 1.78. The van der Waals surface area contributed by atoms with E-state index in [2.05, 4.69) is 15.7 Å². The van der Waals surface area contributed by atoms with Gasteiger partial charge in [-0.1, -0.05) is 6.42 Å². The van der Waals surface area contributed by atoms with Crippen LogP contribution in [0.4, 0.5) is 10.2 Å². The van der Waals surface area contributed by atoms with Gasteiger partial charge in [-0.3, -0.25) is 10.2 Å². The fraction of sp³-hybridized carbons (Fsp3) is 0.538. The number of nitrogens with one attached hydrogen (secondary N) is 2. The molecule has 0 unspecified atom stereocenters. The summed E-state index contributed by atoms with van der Waals surface area (Å²) in [6, 6.07) is 1.21. The first-order valence-corrected chi connectivity index (χ1v) is 6.66. The van der Waals surface area contributed by atoms with Gasteiger partial charge < -0.3 is 5.32 Å². The molecule has 104 valence electrons. The van der Waals surface area contributed by atoms with Crippen LogP contribution in [-0.4, -0.2) is 35.5 Å². The summed E-state index contributed by atoms with van der Waals surface area (Å²) in [5.74, 6) is -0.409. The van der Waals surface area contributed by atoms with Gasteiger partial charge in [0.25, 0.3) is 5.91 Å². The van der Waals surface area contributed by atoms with Gasteiger partial charge in [-0.25, -0.2) is 14.4 Å². The number of amides is 1. The molecular weight excluding hydrogens is 247 g/mol. The minimum absolute atomic E-state index is 0.243. The smallest absolute Gasteiger partial charge is 0.269 e. The maximum atomic E-state index is 13.2. The second-order valence-electron chi connectivity index (χ2n) is 4.57. The topological polar surface area (TPSA) is 57.3 Å². The van der Waals surface area contributed by atoms with Crippen molar-refractivity contribution in [1.29, 1.82) is 0 Å². The molecule has 0 spiro atoms. The summed E-state index contributed by atoms with van der Waals surface area (Å²) >= 11 is 0. The van der Waals surface area contributed by atoms with E-state index >= 15 is 0 Å². The third-order valence-electron chi connectivity index (χ3n) is 3.06. The Labute approximate surface area is 112 Å². The maximum absolute atomic E-state index is 13.2. The van der Waals surface area contributed by atoms with Crippen LogP contribution < -0.4 is 10.7 Å². The molecule has 0 bridgehead atoms. The van der Waals surface area contributed by atoms with Crippen molar-refractivity contribution < 1.29 is 9.18 Å². The number of anilines is 1. The summed E-state index contributed by atoms with van der Waals surface area (Å²) < 4.78 is 13.2. The Hall–Kier alpha value is -1.69. The monoisotopic (exact) mass is 266 g/mol. The largest absolute Gasteiger partial charge is 0.370 e. The Morgan fingerprint density at radius 2 is 2.16 bits per heavy atom. The van der Waals surface area contributed by atoms with Crippen molar-refractivity contribution in [2.75, 3.05) is 25.0 Å². The Balaban J connectivity index is 2.10. The first-order chi connectivity index (χ1) is 9.20. The van der Waals surface area contributed by atoms with E-state index in [0.717, 1.165) is 32.1 Å². The van der Waals surface area contributed by atoms with Crippen molar-refractivity contribution in [3.8, 4) is 0 Å². The second kappa shape index (κ2) is 6.47. The number of nitrogens with zero attached hydrogens (tertiary/aromatic N) is 2. The highest BCUT2D eigenvalue weighted by Crippen LogP contribution is 2.14. The van der Waals surface area contributed by atoms with Crippen LogP contribution in [0.5, 0.6) is 0 Å². The molecule has 1 saturated heterocycles. The molecule has 2 heterocycles. The molecule has 2 rings (SSSR count). The number of hydrazine groups is 1. The number of aromatic nitrogens is 1. The van der Waals surface area contributed by atoms with E-state index in [1.165, 1.54) is 12.5 Å². The average Bonchev–Trinajstić information content (AvgIpc) is 2.42. The van der Waals surface area contributed by atoms with E-state index in [0.29, 0.717) is 12.4 Å². The van der Waals surface area contributed by atoms with E-state index in [1.807, 2.05) is 11.9 Å². The molecule has 0 radical (unpaired) electrons. The van der Waals surface area contributed by atoms with Crippen molar-refractivity contribution in [2.45, 2.75) is 26.2 Å². The lowest BCUT2D eigenvalue weighted by molar-refractivity contribution is 0.0750. The first kappa shape index (κ1) is 13.7. The highest BCUT2D eigenvalue weighted by molar-refractivity contribution is 5.98. The molecule has 19 heavy (non-hydrogen) atoms. The number of carbonyl (C=O) groups is 1. The fourth-order valence-corrected chi connectivity index (χ4v) is 2.13. The summed E-state index contributed by atoms with van der Waals surface area (Å²) in [7, 11) is 0. The van der Waals surface area contributed by atoms with Crippen molar-refractivity contribution >= 4 is 11.7 Å². The molecule has 6 heteroatoms. The maximum Gasteiger partial charge on any atom is 0.269 e. The molecule has 1 aliphatic heterocycles. The lowest BCUT2D eigenvalue weighted by Gasteiger charge is -2.27. The molecule has 1 aromatic heterocycles. The number of carbonyl (C=O) groups excluding carboxylic acids is 1. The molecule has 0 atom stereocenters. The van der Waals surface area contributed by atoms with Crippen LogP contribution in [0, 0.1) is 5.82 Å². The van der Waals surface area contributed by atoms with Crippen LogP contribution in [0.1, 0.15) is 36.5 Å². The van der Waals surface area contributed by atoms with Gasteiger partial charge >= 0.3 is 0 Å². The average molecular weight is 266 g/mol. The number of hydrogen-bond donors (Lipinski definition) is 2. The van der Waals surface area contributed by atoms with Gasteiger partial charge in [0.2, 0.25) is 0 Å². The molecule has 1 fully saturated rings. The normalized spacial score (nSPS) is 16.1. The van der Waals surface area contributed by atoms with E-state index in [9.17, 15) is 9.18 Å². The predicted molar refractivity (Wildman–Crippen MR) is 71.2 cm³/mol. The van der Waals surface area contributed by atoms with Gasteiger partial charge in [-0.05, 0) is 25.8 Å². The number of halogens is 1. The van der Waals surface area contributed by atoms with Crippen LogP contribution in [0.3, 0.4) is 0 Å². The van der Waals surface area contributed by atoms with Gasteiger partial charge in [0, 0.05) is 19.6 Å². The summed E-state index contributed by atoms with van der Waals surface area (Å²) in [5.41, 5.74) is 3.05. The number of piperidine rings is 1. The third kappa shape index (κ3) is 3.64. The lowest BCUT2D eigenvalue weighted by atomic mass is 10.2. The molecule has 1 aliphatic rings. The standard InChI is InChI=1S/C13H19FN4O/c1-2-15-12-11(8-10(14)9-16-12)13(19)17-18-6-4-3-5-7-18/h8-9H,2-7H2,1H3,(H,15,16)(H,17,19). The van der Waals surface area contributed by atoms with Crippen LogP contribution in [-0.2, 0) is 0 Å². The fourth-order valence-electron chi connectivity index (χ4n) is 2.13. The molecule has 5 nitrogen and oxygen atoms in total. The highest BCUT2D eigenvalue weighted by atomic mass is 19.1. The van der Waals surface area contributed by atoms with Crippen molar-refractivity contribution in [2.24, 2.45) is 0 Å². The molecular formula is C13H19FN4O. The van der Waals surface area contributed by atoms with Crippen molar-refractivity contribution in [1.82, 2.24) is 15.4 Å². The zero-order valence-electron chi connectivity index (χ0n) is 11.1. The summed E-state index contributed by atoms with van der Waals surface area (Å²) in [6.45, 7) is 4.20. The quantitative estimate of drug-likeness (QED) is 0.872. The lowest BCUT2D eigenvalue weighted by Crippen LogP contribution is -2.45. The summed E-state index contributed by atoms with van der Waals surface area (Å²) in [5, 5.41) is 4.85. The molecule has 1 amide bonds. The molecule has 2 N–H and O–H groups in total. The number of pyridine rings is 1. The Kier molecular flexibility index (Phi) is 4.68. The van der Waals surface area contributed by atoms with Crippen molar-refractivity contribution in [3.63, 3.8) is 0 Å². The zero-order chi connectivity index (χ0) is 13.7. The van der Waals surface area contributed by atoms with Crippen LogP contribution >= 0.6 is 0 Å². The Morgan fingerprint density at radius 1 is 1.42 bits per heavy atom. The second-order valence-corrected chi connectivity index (χ2v) is 4.57. The van der Waals surface area contributed by atoms with E-state index in [1.54, 1.807) is 0 Å².